The number of rotatable bonds is 7. The molecule has 0 unspecified atom stereocenters. The number of thiazole rings is 1. The molecule has 0 saturated carbocycles. The van der Waals surface area contributed by atoms with Gasteiger partial charge in [-0.05, 0) is 25.5 Å². The predicted octanol–water partition coefficient (Wildman–Crippen LogP) is 2.75. The van der Waals surface area contributed by atoms with Gasteiger partial charge in [-0.3, -0.25) is 4.79 Å². The van der Waals surface area contributed by atoms with Crippen molar-refractivity contribution in [2.75, 3.05) is 13.2 Å². The fourth-order valence-corrected chi connectivity index (χ4v) is 2.97. The van der Waals surface area contributed by atoms with E-state index in [1.807, 2.05) is 30.3 Å². The van der Waals surface area contributed by atoms with E-state index in [-0.39, 0.29) is 12.5 Å². The number of aryl methyl sites for hydroxylation is 2. The molecule has 0 atom stereocenters. The molecule has 0 aliphatic carbocycles. The van der Waals surface area contributed by atoms with Crippen LogP contribution < -0.4 is 10.1 Å². The van der Waals surface area contributed by atoms with E-state index < -0.39 is 0 Å². The van der Waals surface area contributed by atoms with E-state index in [4.69, 9.17) is 4.74 Å². The third-order valence-corrected chi connectivity index (χ3v) is 4.12. The van der Waals surface area contributed by atoms with E-state index in [0.29, 0.717) is 12.3 Å². The number of amides is 1. The Labute approximate surface area is 129 Å². The van der Waals surface area contributed by atoms with Gasteiger partial charge in [-0.1, -0.05) is 25.1 Å². The summed E-state index contributed by atoms with van der Waals surface area (Å²) < 4.78 is 5.39. The van der Waals surface area contributed by atoms with Crippen LogP contribution in [0.4, 0.5) is 0 Å². The van der Waals surface area contributed by atoms with Gasteiger partial charge in [0.15, 0.2) is 6.61 Å². The lowest BCUT2D eigenvalue weighted by atomic mass is 10.3. The van der Waals surface area contributed by atoms with Gasteiger partial charge in [0.2, 0.25) is 0 Å². The lowest BCUT2D eigenvalue weighted by Crippen LogP contribution is -2.30. The molecule has 1 N–H and O–H groups in total. The number of aromatic nitrogens is 1. The smallest absolute Gasteiger partial charge is 0.257 e. The molecule has 0 spiro atoms. The van der Waals surface area contributed by atoms with Crippen molar-refractivity contribution in [3.63, 3.8) is 0 Å². The summed E-state index contributed by atoms with van der Waals surface area (Å²) in [6.07, 6.45) is 1.72. The second-order valence-electron chi connectivity index (χ2n) is 4.67. The van der Waals surface area contributed by atoms with Crippen molar-refractivity contribution >= 4 is 17.2 Å². The summed E-state index contributed by atoms with van der Waals surface area (Å²) in [4.78, 5) is 17.5. The second-order valence-corrected chi connectivity index (χ2v) is 5.95. The van der Waals surface area contributed by atoms with Gasteiger partial charge >= 0.3 is 0 Å². The summed E-state index contributed by atoms with van der Waals surface area (Å²) in [6, 6.07) is 9.33. The van der Waals surface area contributed by atoms with Crippen LogP contribution in [0.25, 0.3) is 0 Å². The molecule has 0 fully saturated rings. The van der Waals surface area contributed by atoms with Crippen molar-refractivity contribution in [3.8, 4) is 5.75 Å². The predicted molar refractivity (Wildman–Crippen MR) is 84.9 cm³/mol. The molecule has 0 saturated heterocycles. The van der Waals surface area contributed by atoms with Gasteiger partial charge in [-0.2, -0.15) is 0 Å². The largest absolute Gasteiger partial charge is 0.484 e. The molecule has 21 heavy (non-hydrogen) atoms. The monoisotopic (exact) mass is 304 g/mol. The molecule has 2 rings (SSSR count). The lowest BCUT2D eigenvalue weighted by molar-refractivity contribution is -0.123. The van der Waals surface area contributed by atoms with Crippen molar-refractivity contribution < 1.29 is 9.53 Å². The highest BCUT2D eigenvalue weighted by Gasteiger charge is 2.07. The van der Waals surface area contributed by atoms with E-state index >= 15 is 0 Å². The van der Waals surface area contributed by atoms with Gasteiger partial charge in [-0.25, -0.2) is 4.98 Å². The Balaban J connectivity index is 1.69. The summed E-state index contributed by atoms with van der Waals surface area (Å²) in [5.41, 5.74) is 1.16. The first-order valence-electron chi connectivity index (χ1n) is 7.08. The van der Waals surface area contributed by atoms with E-state index in [2.05, 4.69) is 24.1 Å². The Hall–Kier alpha value is -1.88. The third kappa shape index (κ3) is 4.86. The molecule has 1 aromatic carbocycles. The van der Waals surface area contributed by atoms with Gasteiger partial charge in [0.1, 0.15) is 5.75 Å². The van der Waals surface area contributed by atoms with Crippen molar-refractivity contribution in [1.82, 2.24) is 10.3 Å². The Morgan fingerprint density at radius 3 is 2.76 bits per heavy atom. The fourth-order valence-electron chi connectivity index (χ4n) is 1.95. The maximum absolute atomic E-state index is 11.7. The number of hydrogen-bond acceptors (Lipinski definition) is 4. The molecule has 5 heteroatoms. The molecular weight excluding hydrogens is 284 g/mol. The van der Waals surface area contributed by atoms with Crippen LogP contribution in [0.15, 0.2) is 30.3 Å². The summed E-state index contributed by atoms with van der Waals surface area (Å²) in [6.45, 7) is 4.83. The zero-order valence-corrected chi connectivity index (χ0v) is 13.2. The van der Waals surface area contributed by atoms with Crippen molar-refractivity contribution in [2.45, 2.75) is 26.7 Å². The molecule has 0 aliphatic rings. The maximum Gasteiger partial charge on any atom is 0.257 e. The molecule has 1 heterocycles. The lowest BCUT2D eigenvalue weighted by Gasteiger charge is -2.06. The highest BCUT2D eigenvalue weighted by atomic mass is 32.1. The first kappa shape index (κ1) is 15.5. The van der Waals surface area contributed by atoms with Crippen LogP contribution in [0.1, 0.15) is 22.5 Å². The van der Waals surface area contributed by atoms with Crippen LogP contribution in [0.2, 0.25) is 0 Å². The van der Waals surface area contributed by atoms with Crippen LogP contribution in [0.3, 0.4) is 0 Å². The summed E-state index contributed by atoms with van der Waals surface area (Å²) in [7, 11) is 0. The molecule has 2 aromatic rings. The Kier molecular flexibility index (Phi) is 5.75. The van der Waals surface area contributed by atoms with Crippen molar-refractivity contribution in [2.24, 2.45) is 0 Å². The number of carbonyl (C=O) groups excluding carboxylic acids is 1. The van der Waals surface area contributed by atoms with Crippen LogP contribution in [-0.4, -0.2) is 24.0 Å². The van der Waals surface area contributed by atoms with Gasteiger partial charge in [-0.15, -0.1) is 11.3 Å². The van der Waals surface area contributed by atoms with Gasteiger partial charge in [0, 0.05) is 17.8 Å². The molecule has 0 radical (unpaired) electrons. The minimum absolute atomic E-state index is 0.0428. The van der Waals surface area contributed by atoms with Crippen molar-refractivity contribution in [1.29, 1.82) is 0 Å². The first-order chi connectivity index (χ1) is 10.2. The number of hydrogen-bond donors (Lipinski definition) is 1. The van der Waals surface area contributed by atoms with E-state index in [9.17, 15) is 4.79 Å². The van der Waals surface area contributed by atoms with E-state index in [0.717, 1.165) is 23.5 Å². The molecular formula is C16H20N2O2S. The van der Waals surface area contributed by atoms with Crippen LogP contribution in [-0.2, 0) is 17.6 Å². The van der Waals surface area contributed by atoms with Crippen LogP contribution in [0.5, 0.6) is 5.75 Å². The van der Waals surface area contributed by atoms with Crippen molar-refractivity contribution in [3.05, 3.63) is 45.9 Å². The number of carbonyl (C=O) groups is 1. The highest BCUT2D eigenvalue weighted by Crippen LogP contribution is 2.17. The standard InChI is InChI=1S/C16H20N2O2S/c1-3-14-12(2)21-16(18-14)9-10-17-15(19)11-20-13-7-5-4-6-8-13/h4-8H,3,9-11H2,1-2H3,(H,17,19). The normalized spacial score (nSPS) is 10.4. The van der Waals surface area contributed by atoms with Gasteiger partial charge in [0.25, 0.3) is 5.91 Å². The average molecular weight is 304 g/mol. The molecule has 1 aromatic heterocycles. The highest BCUT2D eigenvalue weighted by molar-refractivity contribution is 7.11. The molecule has 1 amide bonds. The number of benzene rings is 1. The zero-order chi connectivity index (χ0) is 15.1. The molecule has 4 nitrogen and oxygen atoms in total. The van der Waals surface area contributed by atoms with Crippen LogP contribution >= 0.6 is 11.3 Å². The fraction of sp³-hybridized carbons (Fsp3) is 0.375. The molecule has 0 bridgehead atoms. The summed E-state index contributed by atoms with van der Waals surface area (Å²) in [5.74, 6) is 0.596. The average Bonchev–Trinajstić information content (AvgIpc) is 2.86. The Morgan fingerprint density at radius 2 is 2.10 bits per heavy atom. The topological polar surface area (TPSA) is 51.2 Å². The minimum atomic E-state index is -0.108. The molecule has 0 aliphatic heterocycles. The number of ether oxygens (including phenoxy) is 1. The number of nitrogens with zero attached hydrogens (tertiary/aromatic N) is 1. The van der Waals surface area contributed by atoms with Gasteiger partial charge < -0.3 is 10.1 Å². The second kappa shape index (κ2) is 7.78. The maximum atomic E-state index is 11.7. The zero-order valence-electron chi connectivity index (χ0n) is 12.4. The Morgan fingerprint density at radius 1 is 1.33 bits per heavy atom. The number of nitrogens with one attached hydrogen (secondary N) is 1. The summed E-state index contributed by atoms with van der Waals surface area (Å²) >= 11 is 1.71. The van der Waals surface area contributed by atoms with E-state index in [1.54, 1.807) is 11.3 Å². The SMILES string of the molecule is CCc1nc(CCNC(=O)COc2ccccc2)sc1C. The number of para-hydroxylation sites is 1. The third-order valence-electron chi connectivity index (χ3n) is 3.05. The van der Waals surface area contributed by atoms with Crippen LogP contribution in [0, 0.1) is 6.92 Å². The summed E-state index contributed by atoms with van der Waals surface area (Å²) in [5, 5.41) is 3.93. The minimum Gasteiger partial charge on any atom is -0.484 e. The molecule has 112 valence electrons. The van der Waals surface area contributed by atoms with E-state index in [1.165, 1.54) is 4.88 Å². The van der Waals surface area contributed by atoms with Gasteiger partial charge in [0.05, 0.1) is 10.7 Å². The Bertz CT molecular complexity index is 581. The first-order valence-corrected chi connectivity index (χ1v) is 7.90. The quantitative estimate of drug-likeness (QED) is 0.855.